The van der Waals surface area contributed by atoms with E-state index < -0.39 is 0 Å². The Hall–Kier alpha value is -7.41. The zero-order valence-corrected chi connectivity index (χ0v) is 33.6. The van der Waals surface area contributed by atoms with Crippen LogP contribution in [0, 0.1) is 0 Å². The molecule has 0 unspecified atom stereocenters. The molecule has 4 heterocycles. The maximum absolute atomic E-state index is 6.16. The molecule has 1 aliphatic rings. The quantitative estimate of drug-likeness (QED) is 0.178. The van der Waals surface area contributed by atoms with Crippen molar-refractivity contribution in [2.24, 2.45) is 0 Å². The molecule has 12 aromatic rings. The number of aromatic nitrogens is 4. The third-order valence-corrected chi connectivity index (χ3v) is 13.9. The van der Waals surface area contributed by atoms with Gasteiger partial charge in [-0.2, -0.15) is 0 Å². The summed E-state index contributed by atoms with van der Waals surface area (Å²) < 4.78 is 11.2. The number of hydrogen-bond donors (Lipinski definition) is 0. The van der Waals surface area contributed by atoms with E-state index in [0.717, 1.165) is 44.3 Å². The van der Waals surface area contributed by atoms with Crippen molar-refractivity contribution in [2.75, 3.05) is 0 Å². The molecule has 0 atom stereocenters. The van der Waals surface area contributed by atoms with Gasteiger partial charge in [-0.25, -0.2) is 15.0 Å². The Morgan fingerprint density at radius 3 is 1.95 bits per heavy atom. The van der Waals surface area contributed by atoms with Crippen molar-refractivity contribution in [1.82, 2.24) is 19.5 Å². The van der Waals surface area contributed by atoms with Crippen LogP contribution in [0.2, 0.25) is 0 Å². The molecule has 60 heavy (non-hydrogen) atoms. The van der Waals surface area contributed by atoms with Crippen molar-refractivity contribution in [3.05, 3.63) is 181 Å². The summed E-state index contributed by atoms with van der Waals surface area (Å²) in [6.07, 6.45) is 0. The monoisotopic (exact) mass is 786 g/mol. The molecule has 13 rings (SSSR count). The fourth-order valence-electron chi connectivity index (χ4n) is 9.71. The first-order valence-electron chi connectivity index (χ1n) is 20.3. The molecule has 8 aromatic carbocycles. The van der Waals surface area contributed by atoms with Gasteiger partial charge in [-0.15, -0.1) is 11.3 Å². The Kier molecular flexibility index (Phi) is 6.88. The number of para-hydroxylation sites is 1. The molecule has 0 radical (unpaired) electrons. The van der Waals surface area contributed by atoms with Crippen molar-refractivity contribution in [3.63, 3.8) is 0 Å². The molecule has 282 valence electrons. The summed E-state index contributed by atoms with van der Waals surface area (Å²) >= 11 is 1.88. The van der Waals surface area contributed by atoms with Crippen molar-refractivity contribution in [3.8, 4) is 51.0 Å². The molecule has 0 N–H and O–H groups in total. The number of benzene rings is 8. The number of fused-ring (bicyclic) bond motifs is 13. The maximum atomic E-state index is 6.16. The van der Waals surface area contributed by atoms with Gasteiger partial charge in [0.1, 0.15) is 11.2 Å². The average molecular weight is 787 g/mol. The number of nitrogens with zero attached hydrogens (tertiary/aromatic N) is 4. The largest absolute Gasteiger partial charge is 0.456 e. The SMILES string of the molecule is CC1(C)c2ccccc2-c2cc3c4ccc5c6ccccc6sc5c4n(-c4ccc(-c5nc(-c6ccccc6)nc(-c6ccc7oc8ccccc8c7c6)n5)cc4)c3cc21. The van der Waals surface area contributed by atoms with Crippen molar-refractivity contribution >= 4 is 75.3 Å². The molecule has 0 fully saturated rings. The normalized spacial score (nSPS) is 13.3. The number of thiophene rings is 1. The maximum Gasteiger partial charge on any atom is 0.164 e. The summed E-state index contributed by atoms with van der Waals surface area (Å²) in [6, 6.07) is 60.5. The highest BCUT2D eigenvalue weighted by atomic mass is 32.1. The van der Waals surface area contributed by atoms with Crippen LogP contribution in [0.4, 0.5) is 0 Å². The molecule has 0 saturated heterocycles. The fraction of sp³-hybridized carbons (Fsp3) is 0.0556. The van der Waals surface area contributed by atoms with E-state index >= 15 is 0 Å². The van der Waals surface area contributed by atoms with E-state index in [9.17, 15) is 0 Å². The van der Waals surface area contributed by atoms with Gasteiger partial charge in [-0.3, -0.25) is 0 Å². The van der Waals surface area contributed by atoms with Gasteiger partial charge < -0.3 is 8.98 Å². The Bertz CT molecular complexity index is 3740. The predicted molar refractivity (Wildman–Crippen MR) is 248 cm³/mol. The molecule has 0 aliphatic heterocycles. The minimum Gasteiger partial charge on any atom is -0.456 e. The lowest BCUT2D eigenvalue weighted by atomic mass is 9.82. The molecule has 6 heteroatoms. The standard InChI is InChI=1S/C54H34N4OS/c1-54(2)43-17-9-6-14-35(43)40-29-41-38-25-26-39-37-16-8-11-19-48(37)60-50(39)49(38)58(45(41)30-44(40)54)34-23-20-32(21-24-34)52-55-51(31-12-4-3-5-13-31)56-53(57-52)33-22-27-47-42(28-33)36-15-7-10-18-46(36)59-47/h3-30H,1-2H3. The minimum absolute atomic E-state index is 0.125. The van der Waals surface area contributed by atoms with Crippen LogP contribution in [0.1, 0.15) is 25.0 Å². The summed E-state index contributed by atoms with van der Waals surface area (Å²) in [5, 5.41) is 7.21. The highest BCUT2D eigenvalue weighted by Gasteiger charge is 2.36. The third-order valence-electron chi connectivity index (χ3n) is 12.7. The Morgan fingerprint density at radius 1 is 0.467 bits per heavy atom. The van der Waals surface area contributed by atoms with Gasteiger partial charge in [0.05, 0.1) is 15.7 Å². The Morgan fingerprint density at radius 2 is 1.12 bits per heavy atom. The summed E-state index contributed by atoms with van der Waals surface area (Å²) in [7, 11) is 0. The van der Waals surface area contributed by atoms with E-state index in [-0.39, 0.29) is 5.41 Å². The zero-order chi connectivity index (χ0) is 39.7. The predicted octanol–water partition coefficient (Wildman–Crippen LogP) is 14.5. The molecule has 5 nitrogen and oxygen atoms in total. The highest BCUT2D eigenvalue weighted by Crippen LogP contribution is 2.52. The van der Waals surface area contributed by atoms with Crippen LogP contribution < -0.4 is 0 Å². The van der Waals surface area contributed by atoms with E-state index in [1.54, 1.807) is 0 Å². The number of rotatable bonds is 4. The van der Waals surface area contributed by atoms with E-state index in [1.807, 2.05) is 72.0 Å². The van der Waals surface area contributed by atoms with E-state index in [0.29, 0.717) is 17.5 Å². The van der Waals surface area contributed by atoms with Gasteiger partial charge in [-0.1, -0.05) is 117 Å². The van der Waals surface area contributed by atoms with Gasteiger partial charge in [0.25, 0.3) is 0 Å². The second kappa shape index (κ2) is 12.3. The van der Waals surface area contributed by atoms with Gasteiger partial charge in [0.2, 0.25) is 0 Å². The first kappa shape index (κ1) is 33.6. The fourth-order valence-corrected chi connectivity index (χ4v) is 11.0. The highest BCUT2D eigenvalue weighted by molar-refractivity contribution is 7.26. The number of furan rings is 1. The van der Waals surface area contributed by atoms with Crippen LogP contribution in [-0.2, 0) is 5.41 Å². The Labute approximate surface area is 348 Å². The van der Waals surface area contributed by atoms with Crippen LogP contribution in [0.25, 0.3) is 115 Å². The summed E-state index contributed by atoms with van der Waals surface area (Å²) in [4.78, 5) is 15.3. The lowest BCUT2D eigenvalue weighted by Crippen LogP contribution is -2.14. The molecular weight excluding hydrogens is 753 g/mol. The molecule has 0 amide bonds. The van der Waals surface area contributed by atoms with Gasteiger partial charge >= 0.3 is 0 Å². The molecule has 1 aliphatic carbocycles. The minimum atomic E-state index is -0.125. The lowest BCUT2D eigenvalue weighted by Gasteiger charge is -2.21. The molecule has 0 spiro atoms. The van der Waals surface area contributed by atoms with Crippen LogP contribution in [0.5, 0.6) is 0 Å². The first-order valence-corrected chi connectivity index (χ1v) is 21.2. The molecule has 0 bridgehead atoms. The second-order valence-electron chi connectivity index (χ2n) is 16.4. The van der Waals surface area contributed by atoms with E-state index in [2.05, 4.69) is 128 Å². The van der Waals surface area contributed by atoms with Gasteiger partial charge in [0.15, 0.2) is 17.5 Å². The number of hydrogen-bond acceptors (Lipinski definition) is 5. The molecular formula is C54H34N4OS. The van der Waals surface area contributed by atoms with Crippen LogP contribution in [-0.4, -0.2) is 19.5 Å². The van der Waals surface area contributed by atoms with Crippen LogP contribution in [0.3, 0.4) is 0 Å². The van der Waals surface area contributed by atoms with Crippen molar-refractivity contribution in [1.29, 1.82) is 0 Å². The zero-order valence-electron chi connectivity index (χ0n) is 32.8. The molecule has 0 saturated carbocycles. The topological polar surface area (TPSA) is 56.7 Å². The first-order chi connectivity index (χ1) is 29.5. The summed E-state index contributed by atoms with van der Waals surface area (Å²) in [5.74, 6) is 1.86. The van der Waals surface area contributed by atoms with Crippen LogP contribution in [0.15, 0.2) is 174 Å². The van der Waals surface area contributed by atoms with E-state index in [1.165, 1.54) is 64.2 Å². The lowest BCUT2D eigenvalue weighted by molar-refractivity contribution is 0.661. The van der Waals surface area contributed by atoms with Crippen LogP contribution >= 0.6 is 11.3 Å². The van der Waals surface area contributed by atoms with Gasteiger partial charge in [-0.05, 0) is 89.0 Å². The third kappa shape index (κ3) is 4.76. The molecule has 4 aromatic heterocycles. The summed E-state index contributed by atoms with van der Waals surface area (Å²) in [5.41, 5.74) is 13.3. The van der Waals surface area contributed by atoms with Crippen molar-refractivity contribution < 1.29 is 4.42 Å². The smallest absolute Gasteiger partial charge is 0.164 e. The summed E-state index contributed by atoms with van der Waals surface area (Å²) in [6.45, 7) is 4.72. The second-order valence-corrected chi connectivity index (χ2v) is 17.4. The Balaban J connectivity index is 1.02. The van der Waals surface area contributed by atoms with Crippen molar-refractivity contribution in [2.45, 2.75) is 19.3 Å². The van der Waals surface area contributed by atoms with Gasteiger partial charge in [0, 0.05) is 64.8 Å². The average Bonchev–Trinajstić information content (AvgIpc) is 4.02. The van der Waals surface area contributed by atoms with E-state index in [4.69, 9.17) is 19.4 Å².